The highest BCUT2D eigenvalue weighted by atomic mass is 32.1. The molecule has 2 heterocycles. The predicted molar refractivity (Wildman–Crippen MR) is 57.1 cm³/mol. The molecule has 4 nitrogen and oxygen atoms in total. The van der Waals surface area contributed by atoms with Crippen LogP contribution in [0.3, 0.4) is 0 Å². The van der Waals surface area contributed by atoms with Crippen LogP contribution in [0.5, 0.6) is 0 Å². The molecule has 0 spiro atoms. The largest absolute Gasteiger partial charge is 0.285 e. The Labute approximate surface area is 91.0 Å². The summed E-state index contributed by atoms with van der Waals surface area (Å²) < 4.78 is 0. The fourth-order valence-electron chi connectivity index (χ4n) is 1.18. The van der Waals surface area contributed by atoms with Crippen LogP contribution in [0.1, 0.15) is 27.0 Å². The number of ketones is 1. The minimum absolute atomic E-state index is 0.148. The van der Waals surface area contributed by atoms with Crippen LogP contribution in [-0.4, -0.2) is 20.7 Å². The highest BCUT2D eigenvalue weighted by Gasteiger charge is 2.13. The van der Waals surface area contributed by atoms with Gasteiger partial charge >= 0.3 is 0 Å². The van der Waals surface area contributed by atoms with Gasteiger partial charge in [-0.1, -0.05) is 0 Å². The summed E-state index contributed by atoms with van der Waals surface area (Å²) in [6.07, 6.45) is 1.58. The molecule has 0 amide bonds. The van der Waals surface area contributed by atoms with Gasteiger partial charge < -0.3 is 0 Å². The molecule has 15 heavy (non-hydrogen) atoms. The third-order valence-corrected chi connectivity index (χ3v) is 2.63. The van der Waals surface area contributed by atoms with E-state index in [1.54, 1.807) is 24.6 Å². The van der Waals surface area contributed by atoms with Gasteiger partial charge in [-0.15, -0.1) is 11.3 Å². The lowest BCUT2D eigenvalue weighted by atomic mass is 10.2. The Hall–Kier alpha value is -1.62. The second kappa shape index (κ2) is 3.86. The van der Waals surface area contributed by atoms with Crippen LogP contribution in [0.25, 0.3) is 0 Å². The highest BCUT2D eigenvalue weighted by Crippen LogP contribution is 2.11. The fourth-order valence-corrected chi connectivity index (χ4v) is 1.77. The van der Waals surface area contributed by atoms with Crippen LogP contribution in [0.4, 0.5) is 0 Å². The standard InChI is InChI=1S/C10H9N3OS/c1-6-11-4-3-8(12-6)10(14)9-5-15-7(2)13-9/h3-5H,1-2H3. The number of carbonyl (C=O) groups excluding carboxylic acids is 1. The normalized spacial score (nSPS) is 10.3. The molecule has 2 rings (SSSR count). The molecular weight excluding hydrogens is 210 g/mol. The monoisotopic (exact) mass is 219 g/mol. The van der Waals surface area contributed by atoms with E-state index in [1.165, 1.54) is 11.3 Å². The lowest BCUT2D eigenvalue weighted by Gasteiger charge is -1.96. The maximum atomic E-state index is 11.9. The summed E-state index contributed by atoms with van der Waals surface area (Å²) in [7, 11) is 0. The molecule has 2 aromatic rings. The first-order valence-electron chi connectivity index (χ1n) is 4.43. The van der Waals surface area contributed by atoms with Crippen LogP contribution in [0.15, 0.2) is 17.6 Å². The van der Waals surface area contributed by atoms with Gasteiger partial charge in [0, 0.05) is 11.6 Å². The van der Waals surface area contributed by atoms with Gasteiger partial charge in [0.1, 0.15) is 17.2 Å². The molecule has 5 heteroatoms. The summed E-state index contributed by atoms with van der Waals surface area (Å²) in [6, 6.07) is 1.60. The Morgan fingerprint density at radius 2 is 2.07 bits per heavy atom. The van der Waals surface area contributed by atoms with Gasteiger partial charge in [-0.05, 0) is 19.9 Å². The molecule has 0 aliphatic rings. The maximum absolute atomic E-state index is 11.9. The number of rotatable bonds is 2. The quantitative estimate of drug-likeness (QED) is 0.722. The molecule has 0 aromatic carbocycles. The van der Waals surface area contributed by atoms with Crippen molar-refractivity contribution in [3.8, 4) is 0 Å². The van der Waals surface area contributed by atoms with Crippen LogP contribution in [-0.2, 0) is 0 Å². The van der Waals surface area contributed by atoms with E-state index >= 15 is 0 Å². The van der Waals surface area contributed by atoms with E-state index in [0.29, 0.717) is 17.2 Å². The SMILES string of the molecule is Cc1nccc(C(=O)c2csc(C)n2)n1. The molecule has 0 N–H and O–H groups in total. The summed E-state index contributed by atoms with van der Waals surface area (Å²) in [5.41, 5.74) is 0.850. The molecule has 0 saturated carbocycles. The Morgan fingerprint density at radius 1 is 1.27 bits per heavy atom. The number of aromatic nitrogens is 3. The van der Waals surface area contributed by atoms with Crippen molar-refractivity contribution < 1.29 is 4.79 Å². The smallest absolute Gasteiger partial charge is 0.230 e. The van der Waals surface area contributed by atoms with E-state index in [1.807, 2.05) is 6.92 Å². The van der Waals surface area contributed by atoms with E-state index in [2.05, 4.69) is 15.0 Å². The van der Waals surface area contributed by atoms with Gasteiger partial charge in [-0.3, -0.25) is 4.79 Å². The molecule has 0 bridgehead atoms. The van der Waals surface area contributed by atoms with Crippen molar-refractivity contribution in [3.05, 3.63) is 39.9 Å². The molecule has 0 saturated heterocycles. The minimum atomic E-state index is -0.148. The first-order valence-corrected chi connectivity index (χ1v) is 5.31. The van der Waals surface area contributed by atoms with Gasteiger partial charge in [0.15, 0.2) is 0 Å². The average molecular weight is 219 g/mol. The minimum Gasteiger partial charge on any atom is -0.285 e. The zero-order chi connectivity index (χ0) is 10.8. The molecule has 0 aliphatic carbocycles. The van der Waals surface area contributed by atoms with Crippen molar-refractivity contribution in [1.82, 2.24) is 15.0 Å². The first kappa shape index (κ1) is 9.92. The van der Waals surface area contributed by atoms with Crippen LogP contribution in [0, 0.1) is 13.8 Å². The number of carbonyl (C=O) groups is 1. The lowest BCUT2D eigenvalue weighted by Crippen LogP contribution is -2.06. The van der Waals surface area contributed by atoms with Crippen molar-refractivity contribution in [3.63, 3.8) is 0 Å². The van der Waals surface area contributed by atoms with Crippen molar-refractivity contribution in [1.29, 1.82) is 0 Å². The van der Waals surface area contributed by atoms with Gasteiger partial charge in [0.2, 0.25) is 5.78 Å². The molecule has 0 aliphatic heterocycles. The second-order valence-electron chi connectivity index (χ2n) is 3.07. The molecule has 0 radical (unpaired) electrons. The molecule has 0 unspecified atom stereocenters. The maximum Gasteiger partial charge on any atom is 0.230 e. The first-order chi connectivity index (χ1) is 7.16. The number of thiazole rings is 1. The average Bonchev–Trinajstić information content (AvgIpc) is 2.64. The van der Waals surface area contributed by atoms with Crippen LogP contribution < -0.4 is 0 Å². The van der Waals surface area contributed by atoms with Gasteiger partial charge in [-0.2, -0.15) is 0 Å². The molecule has 0 fully saturated rings. The van der Waals surface area contributed by atoms with Crippen molar-refractivity contribution >= 4 is 17.1 Å². The number of nitrogens with zero attached hydrogens (tertiary/aromatic N) is 3. The third kappa shape index (κ3) is 2.07. The van der Waals surface area contributed by atoms with Crippen LogP contribution in [0.2, 0.25) is 0 Å². The summed E-state index contributed by atoms with van der Waals surface area (Å²) in [6.45, 7) is 3.62. The highest BCUT2D eigenvalue weighted by molar-refractivity contribution is 7.09. The topological polar surface area (TPSA) is 55.7 Å². The molecule has 2 aromatic heterocycles. The van der Waals surface area contributed by atoms with E-state index in [9.17, 15) is 4.79 Å². The zero-order valence-corrected chi connectivity index (χ0v) is 9.21. The van der Waals surface area contributed by atoms with Crippen LogP contribution >= 0.6 is 11.3 Å². The predicted octanol–water partition coefficient (Wildman–Crippen LogP) is 1.78. The fraction of sp³-hybridized carbons (Fsp3) is 0.200. The summed E-state index contributed by atoms with van der Waals surface area (Å²) in [5, 5.41) is 2.62. The number of hydrogen-bond acceptors (Lipinski definition) is 5. The molecule has 76 valence electrons. The van der Waals surface area contributed by atoms with Crippen molar-refractivity contribution in [2.75, 3.05) is 0 Å². The van der Waals surface area contributed by atoms with E-state index in [0.717, 1.165) is 5.01 Å². The summed E-state index contributed by atoms with van der Waals surface area (Å²) in [5.74, 6) is 0.442. The number of hydrogen-bond donors (Lipinski definition) is 0. The van der Waals surface area contributed by atoms with E-state index in [-0.39, 0.29) is 5.78 Å². The third-order valence-electron chi connectivity index (χ3n) is 1.86. The lowest BCUT2D eigenvalue weighted by molar-refractivity contribution is 0.103. The Balaban J connectivity index is 2.36. The van der Waals surface area contributed by atoms with Gasteiger partial charge in [-0.25, -0.2) is 15.0 Å². The zero-order valence-electron chi connectivity index (χ0n) is 8.39. The number of aryl methyl sites for hydroxylation is 2. The Morgan fingerprint density at radius 3 is 2.67 bits per heavy atom. The Kier molecular flexibility index (Phi) is 2.55. The van der Waals surface area contributed by atoms with Gasteiger partial charge in [0.05, 0.1) is 5.01 Å². The van der Waals surface area contributed by atoms with E-state index < -0.39 is 0 Å². The summed E-state index contributed by atoms with van der Waals surface area (Å²) >= 11 is 1.46. The molecular formula is C10H9N3OS. The summed E-state index contributed by atoms with van der Waals surface area (Å²) in [4.78, 5) is 24.0. The Bertz CT molecular complexity index is 507. The van der Waals surface area contributed by atoms with Crippen molar-refractivity contribution in [2.45, 2.75) is 13.8 Å². The second-order valence-corrected chi connectivity index (χ2v) is 4.13. The van der Waals surface area contributed by atoms with Crippen molar-refractivity contribution in [2.24, 2.45) is 0 Å². The van der Waals surface area contributed by atoms with E-state index in [4.69, 9.17) is 0 Å². The van der Waals surface area contributed by atoms with Gasteiger partial charge in [0.25, 0.3) is 0 Å². The molecule has 0 atom stereocenters.